The summed E-state index contributed by atoms with van der Waals surface area (Å²) in [6.07, 6.45) is -3.08. The van der Waals surface area contributed by atoms with Gasteiger partial charge < -0.3 is 4.74 Å². The number of benzene rings is 2. The number of rotatable bonds is 5. The molecular formula is C16H14ClF3O. The molecule has 5 heteroatoms. The molecule has 112 valence electrons. The van der Waals surface area contributed by atoms with Crippen molar-refractivity contribution in [2.45, 2.75) is 19.0 Å². The second-order valence-electron chi connectivity index (χ2n) is 4.58. The Labute approximate surface area is 126 Å². The van der Waals surface area contributed by atoms with Gasteiger partial charge in [0.05, 0.1) is 12.2 Å². The summed E-state index contributed by atoms with van der Waals surface area (Å²) < 4.78 is 43.6. The monoisotopic (exact) mass is 314 g/mol. The van der Waals surface area contributed by atoms with Crippen LogP contribution in [0.15, 0.2) is 48.5 Å². The van der Waals surface area contributed by atoms with Gasteiger partial charge in [-0.05, 0) is 42.7 Å². The van der Waals surface area contributed by atoms with Crippen LogP contribution in [0.3, 0.4) is 0 Å². The highest BCUT2D eigenvalue weighted by Gasteiger charge is 2.33. The summed E-state index contributed by atoms with van der Waals surface area (Å²) in [4.78, 5) is 0. The molecule has 2 aromatic rings. The average molecular weight is 315 g/mol. The molecule has 21 heavy (non-hydrogen) atoms. The number of alkyl halides is 3. The van der Waals surface area contributed by atoms with Gasteiger partial charge in [-0.15, -0.1) is 0 Å². The molecule has 0 radical (unpaired) electrons. The van der Waals surface area contributed by atoms with Crippen LogP contribution in [-0.2, 0) is 12.6 Å². The Hall–Kier alpha value is -1.68. The lowest BCUT2D eigenvalue weighted by Gasteiger charge is -2.13. The molecule has 0 bridgehead atoms. The second kappa shape index (κ2) is 6.85. The molecule has 0 N–H and O–H groups in total. The molecule has 0 aliphatic carbocycles. The van der Waals surface area contributed by atoms with Crippen LogP contribution in [0.2, 0.25) is 5.02 Å². The fraction of sp³-hybridized carbons (Fsp3) is 0.250. The van der Waals surface area contributed by atoms with E-state index in [-0.39, 0.29) is 12.4 Å². The van der Waals surface area contributed by atoms with Gasteiger partial charge in [-0.1, -0.05) is 35.9 Å². The van der Waals surface area contributed by atoms with Crippen molar-refractivity contribution < 1.29 is 17.9 Å². The van der Waals surface area contributed by atoms with Crippen LogP contribution in [0.4, 0.5) is 13.2 Å². The molecule has 0 saturated carbocycles. The molecule has 1 nitrogen and oxygen atoms in total. The number of aryl methyl sites for hydroxylation is 1. The fourth-order valence-corrected chi connectivity index (χ4v) is 2.19. The zero-order chi connectivity index (χ0) is 15.3. The van der Waals surface area contributed by atoms with E-state index in [0.29, 0.717) is 17.9 Å². The molecule has 0 aromatic heterocycles. The van der Waals surface area contributed by atoms with Gasteiger partial charge in [0.2, 0.25) is 0 Å². The zero-order valence-corrected chi connectivity index (χ0v) is 11.9. The van der Waals surface area contributed by atoms with Crippen molar-refractivity contribution in [3.63, 3.8) is 0 Å². The van der Waals surface area contributed by atoms with Gasteiger partial charge >= 0.3 is 6.18 Å². The fourth-order valence-electron chi connectivity index (χ4n) is 1.98. The molecule has 2 aromatic carbocycles. The van der Waals surface area contributed by atoms with E-state index in [2.05, 4.69) is 0 Å². The first-order valence-corrected chi connectivity index (χ1v) is 6.88. The number of hydrogen-bond acceptors (Lipinski definition) is 1. The molecule has 0 heterocycles. The van der Waals surface area contributed by atoms with Crippen molar-refractivity contribution in [3.8, 4) is 5.75 Å². The van der Waals surface area contributed by atoms with E-state index in [9.17, 15) is 13.2 Å². The number of halogens is 4. The number of hydrogen-bond donors (Lipinski definition) is 0. The third-order valence-corrected chi connectivity index (χ3v) is 3.18. The lowest BCUT2D eigenvalue weighted by molar-refractivity contribution is -0.138. The summed E-state index contributed by atoms with van der Waals surface area (Å²) in [5.41, 5.74) is 0.294. The highest BCUT2D eigenvalue weighted by molar-refractivity contribution is 6.30. The van der Waals surface area contributed by atoms with Crippen LogP contribution in [-0.4, -0.2) is 6.61 Å². The Morgan fingerprint density at radius 3 is 2.48 bits per heavy atom. The molecule has 0 unspecified atom stereocenters. The van der Waals surface area contributed by atoms with E-state index in [1.807, 2.05) is 18.2 Å². The summed E-state index contributed by atoms with van der Waals surface area (Å²) in [5, 5.41) is 0.649. The Morgan fingerprint density at radius 2 is 1.76 bits per heavy atom. The second-order valence-corrected chi connectivity index (χ2v) is 5.01. The maximum Gasteiger partial charge on any atom is 0.419 e. The normalized spacial score (nSPS) is 11.4. The van der Waals surface area contributed by atoms with Gasteiger partial charge in [-0.2, -0.15) is 13.2 Å². The van der Waals surface area contributed by atoms with E-state index in [4.69, 9.17) is 16.3 Å². The maximum atomic E-state index is 12.8. The Kier molecular flexibility index (Phi) is 5.12. The molecule has 0 saturated heterocycles. The first kappa shape index (κ1) is 15.7. The first-order chi connectivity index (χ1) is 9.97. The third kappa shape index (κ3) is 4.67. The van der Waals surface area contributed by atoms with E-state index >= 15 is 0 Å². The Morgan fingerprint density at radius 1 is 1.00 bits per heavy atom. The highest BCUT2D eigenvalue weighted by Crippen LogP contribution is 2.35. The molecule has 0 fully saturated rings. The predicted molar refractivity (Wildman–Crippen MR) is 76.7 cm³/mol. The van der Waals surface area contributed by atoms with Gasteiger partial charge in [-0.25, -0.2) is 0 Å². The van der Waals surface area contributed by atoms with Gasteiger partial charge in [0, 0.05) is 5.02 Å². The third-order valence-electron chi connectivity index (χ3n) is 2.95. The SMILES string of the molecule is FC(F)(F)c1ccccc1OCCCc1cccc(Cl)c1. The van der Waals surface area contributed by atoms with Crippen molar-refractivity contribution >= 4 is 11.6 Å². The van der Waals surface area contributed by atoms with Crippen LogP contribution >= 0.6 is 11.6 Å². The summed E-state index contributed by atoms with van der Waals surface area (Å²) >= 11 is 5.87. The molecule has 0 aliphatic heterocycles. The molecule has 0 amide bonds. The van der Waals surface area contributed by atoms with Crippen molar-refractivity contribution in [2.75, 3.05) is 6.61 Å². The van der Waals surface area contributed by atoms with Gasteiger partial charge in [-0.3, -0.25) is 0 Å². The lowest BCUT2D eigenvalue weighted by atomic mass is 10.1. The van der Waals surface area contributed by atoms with E-state index in [0.717, 1.165) is 11.6 Å². The van der Waals surface area contributed by atoms with Gasteiger partial charge in [0.1, 0.15) is 5.75 Å². The van der Waals surface area contributed by atoms with Crippen molar-refractivity contribution in [1.29, 1.82) is 0 Å². The number of para-hydroxylation sites is 1. The first-order valence-electron chi connectivity index (χ1n) is 6.50. The van der Waals surface area contributed by atoms with E-state index in [1.54, 1.807) is 6.07 Å². The van der Waals surface area contributed by atoms with Gasteiger partial charge in [0.25, 0.3) is 0 Å². The summed E-state index contributed by atoms with van der Waals surface area (Å²) in [6, 6.07) is 12.6. The van der Waals surface area contributed by atoms with E-state index < -0.39 is 11.7 Å². The standard InChI is InChI=1S/C16H14ClF3O/c17-13-7-3-5-12(11-13)6-4-10-21-15-9-2-1-8-14(15)16(18,19)20/h1-3,5,7-9,11H,4,6,10H2. The van der Waals surface area contributed by atoms with Gasteiger partial charge in [0.15, 0.2) is 0 Å². The van der Waals surface area contributed by atoms with Crippen LogP contribution in [0.25, 0.3) is 0 Å². The largest absolute Gasteiger partial charge is 0.493 e. The molecule has 0 atom stereocenters. The summed E-state index contributed by atoms with van der Waals surface area (Å²) in [7, 11) is 0. The summed E-state index contributed by atoms with van der Waals surface area (Å²) in [6.45, 7) is 0.222. The molecule has 0 spiro atoms. The lowest BCUT2D eigenvalue weighted by Crippen LogP contribution is -2.09. The van der Waals surface area contributed by atoms with Crippen LogP contribution in [0.1, 0.15) is 17.5 Å². The highest BCUT2D eigenvalue weighted by atomic mass is 35.5. The van der Waals surface area contributed by atoms with Crippen LogP contribution in [0.5, 0.6) is 5.75 Å². The predicted octanol–water partition coefficient (Wildman–Crippen LogP) is 5.37. The van der Waals surface area contributed by atoms with Crippen molar-refractivity contribution in [1.82, 2.24) is 0 Å². The van der Waals surface area contributed by atoms with Crippen LogP contribution < -0.4 is 4.74 Å². The zero-order valence-electron chi connectivity index (χ0n) is 11.2. The van der Waals surface area contributed by atoms with Crippen molar-refractivity contribution in [2.24, 2.45) is 0 Å². The topological polar surface area (TPSA) is 9.23 Å². The average Bonchev–Trinajstić information content (AvgIpc) is 2.43. The minimum atomic E-state index is -4.40. The molecule has 2 rings (SSSR count). The maximum absolute atomic E-state index is 12.8. The molecule has 0 aliphatic rings. The molecular weight excluding hydrogens is 301 g/mol. The minimum Gasteiger partial charge on any atom is -0.493 e. The van der Waals surface area contributed by atoms with E-state index in [1.165, 1.54) is 18.2 Å². The number of ether oxygens (including phenoxy) is 1. The minimum absolute atomic E-state index is 0.129. The summed E-state index contributed by atoms with van der Waals surface area (Å²) in [5.74, 6) is -0.129. The van der Waals surface area contributed by atoms with Crippen molar-refractivity contribution in [3.05, 3.63) is 64.7 Å². The Balaban J connectivity index is 1.90. The van der Waals surface area contributed by atoms with Crippen LogP contribution in [0, 0.1) is 0 Å². The Bertz CT molecular complexity index is 596. The smallest absolute Gasteiger partial charge is 0.419 e. The quantitative estimate of drug-likeness (QED) is 0.674.